The number of fused-ring (bicyclic) bond motifs is 1. The minimum Gasteiger partial charge on any atom is -0.423 e. The van der Waals surface area contributed by atoms with Gasteiger partial charge in [-0.2, -0.15) is 4.37 Å². The molecule has 1 aromatic heterocycles. The first-order chi connectivity index (χ1) is 15.9. The molecule has 2 atom stereocenters. The number of carbonyl (C=O) groups excluding carboxylic acids is 2. The molecule has 2 amide bonds. The van der Waals surface area contributed by atoms with Gasteiger partial charge in [0.25, 0.3) is 0 Å². The minimum atomic E-state index is -1.01. The van der Waals surface area contributed by atoms with Crippen LogP contribution in [0.2, 0.25) is 0 Å². The number of aromatic nitrogens is 1. The predicted octanol–water partition coefficient (Wildman–Crippen LogP) is 2.79. The van der Waals surface area contributed by atoms with E-state index in [0.717, 1.165) is 23.2 Å². The van der Waals surface area contributed by atoms with Crippen molar-refractivity contribution >= 4 is 39.2 Å². The van der Waals surface area contributed by atoms with Crippen LogP contribution in [0, 0.1) is 0 Å². The highest BCUT2D eigenvalue weighted by atomic mass is 32.1. The first-order valence-corrected chi connectivity index (χ1v) is 11.8. The van der Waals surface area contributed by atoms with Crippen LogP contribution < -0.4 is 5.32 Å². The van der Waals surface area contributed by atoms with E-state index in [9.17, 15) is 9.59 Å². The van der Waals surface area contributed by atoms with E-state index < -0.39 is 18.0 Å². The molecule has 1 aliphatic carbocycles. The Bertz CT molecular complexity index is 1160. The third-order valence-corrected chi connectivity index (χ3v) is 7.54. The number of nitrogens with zero attached hydrogens (tertiary/aromatic N) is 4. The van der Waals surface area contributed by atoms with Gasteiger partial charge in [-0.05, 0) is 23.7 Å². The van der Waals surface area contributed by atoms with Crippen LogP contribution in [-0.4, -0.2) is 82.7 Å². The van der Waals surface area contributed by atoms with Gasteiger partial charge in [-0.25, -0.2) is 9.18 Å². The molecule has 33 heavy (non-hydrogen) atoms. The van der Waals surface area contributed by atoms with Crippen LogP contribution in [0.3, 0.4) is 0 Å². The molecule has 2 aliphatic heterocycles. The smallest absolute Gasteiger partial charge is 0.413 e. The molecule has 0 spiro atoms. The number of nitrogens with one attached hydrogen (secondary N) is 1. The normalized spacial score (nSPS) is 26.2. The quantitative estimate of drug-likeness (QED) is 0.739. The van der Waals surface area contributed by atoms with E-state index in [1.165, 1.54) is 23.4 Å². The highest BCUT2D eigenvalue weighted by Crippen LogP contribution is 2.42. The van der Waals surface area contributed by atoms with E-state index in [1.54, 1.807) is 18.0 Å². The standard InChI is InChI=1S/C23H26FN5O3S/c1-15(30)27(2)20-14-29(22(31)32-20)23(28-11-9-25-10-12-28)8-7-16(18(24)13-23)21-17-5-3-4-6-19(17)33-26-21/h3-8,20,25H,9-14H2,1-2H3. The summed E-state index contributed by atoms with van der Waals surface area (Å²) in [6, 6.07) is 7.77. The van der Waals surface area contributed by atoms with Crippen molar-refractivity contribution < 1.29 is 18.7 Å². The number of rotatable bonds is 4. The van der Waals surface area contributed by atoms with E-state index in [-0.39, 0.29) is 24.7 Å². The molecule has 10 heteroatoms. The SMILES string of the molecule is CC(=O)N(C)C1CN(C2(N3CCNCC3)C=CC(c3nsc4ccccc34)=C(F)C2)C(=O)O1. The number of carbonyl (C=O) groups is 2. The third-order valence-electron chi connectivity index (χ3n) is 6.71. The summed E-state index contributed by atoms with van der Waals surface area (Å²) in [6.45, 7) is 4.39. The second kappa shape index (κ2) is 8.51. The maximum Gasteiger partial charge on any atom is 0.413 e. The minimum absolute atomic E-state index is 0.00368. The lowest BCUT2D eigenvalue weighted by Crippen LogP contribution is -2.64. The van der Waals surface area contributed by atoms with Crippen LogP contribution in [-0.2, 0) is 9.53 Å². The van der Waals surface area contributed by atoms with Crippen molar-refractivity contribution in [3.8, 4) is 0 Å². The summed E-state index contributed by atoms with van der Waals surface area (Å²) in [5, 5.41) is 4.22. The van der Waals surface area contributed by atoms with Crippen molar-refractivity contribution in [1.29, 1.82) is 0 Å². The van der Waals surface area contributed by atoms with Crippen molar-refractivity contribution in [2.75, 3.05) is 39.8 Å². The summed E-state index contributed by atoms with van der Waals surface area (Å²) in [4.78, 5) is 29.9. The van der Waals surface area contributed by atoms with Crippen LogP contribution in [0.5, 0.6) is 0 Å². The molecule has 2 aromatic rings. The molecule has 174 valence electrons. The van der Waals surface area contributed by atoms with E-state index in [0.29, 0.717) is 24.4 Å². The molecule has 2 fully saturated rings. The first-order valence-electron chi connectivity index (χ1n) is 11.0. The lowest BCUT2D eigenvalue weighted by atomic mass is 9.89. The summed E-state index contributed by atoms with van der Waals surface area (Å²) in [7, 11) is 1.60. The fourth-order valence-electron chi connectivity index (χ4n) is 4.77. The maximum atomic E-state index is 15.9. The third kappa shape index (κ3) is 3.71. The highest BCUT2D eigenvalue weighted by molar-refractivity contribution is 7.13. The number of piperazine rings is 1. The summed E-state index contributed by atoms with van der Waals surface area (Å²) >= 11 is 1.34. The molecule has 2 unspecified atom stereocenters. The van der Waals surface area contributed by atoms with E-state index >= 15 is 4.39 Å². The van der Waals surface area contributed by atoms with Gasteiger partial charge in [-0.15, -0.1) is 0 Å². The molecular formula is C23H26FN5O3S. The number of benzene rings is 1. The van der Waals surface area contributed by atoms with Gasteiger partial charge in [0.15, 0.2) is 6.23 Å². The Kier molecular flexibility index (Phi) is 5.67. The van der Waals surface area contributed by atoms with Gasteiger partial charge in [-0.3, -0.25) is 14.6 Å². The molecule has 0 radical (unpaired) electrons. The number of halogens is 1. The molecule has 0 saturated carbocycles. The number of amides is 2. The second-order valence-corrected chi connectivity index (χ2v) is 9.36. The Morgan fingerprint density at radius 1 is 1.33 bits per heavy atom. The summed E-state index contributed by atoms with van der Waals surface area (Å²) in [6.07, 6.45) is 2.39. The molecule has 1 aromatic carbocycles. The van der Waals surface area contributed by atoms with Crippen LogP contribution in [0.4, 0.5) is 9.18 Å². The van der Waals surface area contributed by atoms with E-state index in [1.807, 2.05) is 30.3 Å². The number of cyclic esters (lactones) is 1. The number of ether oxygens (including phenoxy) is 1. The first kappa shape index (κ1) is 22.0. The van der Waals surface area contributed by atoms with Crippen LogP contribution >= 0.6 is 11.5 Å². The molecule has 0 bridgehead atoms. The highest BCUT2D eigenvalue weighted by Gasteiger charge is 2.51. The maximum absolute atomic E-state index is 15.9. The number of hydrogen-bond donors (Lipinski definition) is 1. The van der Waals surface area contributed by atoms with Gasteiger partial charge in [0.1, 0.15) is 11.5 Å². The number of likely N-dealkylation sites (N-methyl/N-ethyl adjacent to an activating group) is 1. The molecular weight excluding hydrogens is 445 g/mol. The van der Waals surface area contributed by atoms with Crippen LogP contribution in [0.1, 0.15) is 19.0 Å². The van der Waals surface area contributed by atoms with Gasteiger partial charge < -0.3 is 15.0 Å². The zero-order chi connectivity index (χ0) is 23.2. The zero-order valence-corrected chi connectivity index (χ0v) is 19.4. The predicted molar refractivity (Wildman–Crippen MR) is 124 cm³/mol. The molecule has 5 rings (SSSR count). The van der Waals surface area contributed by atoms with Gasteiger partial charge in [0.2, 0.25) is 5.91 Å². The number of allylic oxidation sites excluding steroid dienone is 2. The van der Waals surface area contributed by atoms with E-state index in [4.69, 9.17) is 4.74 Å². The summed E-state index contributed by atoms with van der Waals surface area (Å²) in [5.74, 6) is -0.517. The van der Waals surface area contributed by atoms with Gasteiger partial charge in [0, 0.05) is 57.5 Å². The second-order valence-electron chi connectivity index (χ2n) is 8.55. The average Bonchev–Trinajstić information content (AvgIpc) is 3.43. The average molecular weight is 472 g/mol. The molecule has 1 N–H and O–H groups in total. The molecule has 8 nitrogen and oxygen atoms in total. The van der Waals surface area contributed by atoms with Crippen molar-refractivity contribution in [2.45, 2.75) is 25.2 Å². The molecule has 3 aliphatic rings. The lowest BCUT2D eigenvalue weighted by molar-refractivity contribution is -0.134. The van der Waals surface area contributed by atoms with Crippen LogP contribution in [0.15, 0.2) is 42.2 Å². The fraction of sp³-hybridized carbons (Fsp3) is 0.435. The monoisotopic (exact) mass is 471 g/mol. The van der Waals surface area contributed by atoms with Crippen molar-refractivity contribution in [2.24, 2.45) is 0 Å². The van der Waals surface area contributed by atoms with Gasteiger partial charge in [-0.1, -0.05) is 24.3 Å². The Labute approximate surface area is 195 Å². The largest absolute Gasteiger partial charge is 0.423 e. The van der Waals surface area contributed by atoms with Crippen LogP contribution in [0.25, 0.3) is 15.7 Å². The Hall–Kier alpha value is -2.82. The Morgan fingerprint density at radius 3 is 2.82 bits per heavy atom. The Morgan fingerprint density at radius 2 is 2.09 bits per heavy atom. The van der Waals surface area contributed by atoms with Crippen molar-refractivity contribution in [1.82, 2.24) is 24.4 Å². The molecule has 3 heterocycles. The fourth-order valence-corrected chi connectivity index (χ4v) is 5.56. The Balaban J connectivity index is 1.52. The topological polar surface area (TPSA) is 78.0 Å². The lowest BCUT2D eigenvalue weighted by Gasteiger charge is -2.49. The van der Waals surface area contributed by atoms with E-state index in [2.05, 4.69) is 14.6 Å². The number of hydrogen-bond acceptors (Lipinski definition) is 7. The van der Waals surface area contributed by atoms with Crippen molar-refractivity contribution in [3.63, 3.8) is 0 Å². The summed E-state index contributed by atoms with van der Waals surface area (Å²) in [5.41, 5.74) is 0.0601. The van der Waals surface area contributed by atoms with Gasteiger partial charge >= 0.3 is 6.09 Å². The summed E-state index contributed by atoms with van der Waals surface area (Å²) < 4.78 is 26.9. The molecule has 2 saturated heterocycles. The van der Waals surface area contributed by atoms with Crippen molar-refractivity contribution in [3.05, 3.63) is 47.9 Å². The van der Waals surface area contributed by atoms with Gasteiger partial charge in [0.05, 0.1) is 16.9 Å². The zero-order valence-electron chi connectivity index (χ0n) is 18.6.